The summed E-state index contributed by atoms with van der Waals surface area (Å²) in [5.74, 6) is 6.46. The molecule has 1 aromatic carbocycles. The van der Waals surface area contributed by atoms with E-state index in [-0.39, 0.29) is 12.5 Å². The summed E-state index contributed by atoms with van der Waals surface area (Å²) in [7, 11) is 3.66. The second-order valence-electron chi connectivity index (χ2n) is 7.67. The van der Waals surface area contributed by atoms with E-state index in [0.717, 1.165) is 31.7 Å². The van der Waals surface area contributed by atoms with Gasteiger partial charge in [0.1, 0.15) is 6.61 Å². The van der Waals surface area contributed by atoms with Crippen LogP contribution in [-0.4, -0.2) is 78.6 Å². The van der Waals surface area contributed by atoms with Gasteiger partial charge in [-0.05, 0) is 36.5 Å². The Labute approximate surface area is 156 Å². The summed E-state index contributed by atoms with van der Waals surface area (Å²) in [4.78, 5) is 18.7. The average Bonchev–Trinajstić information content (AvgIpc) is 2.91. The lowest BCUT2D eigenvalue weighted by molar-refractivity contribution is -0.130. The molecule has 1 aromatic rings. The van der Waals surface area contributed by atoms with Crippen LogP contribution in [0.15, 0.2) is 24.3 Å². The van der Waals surface area contributed by atoms with E-state index in [4.69, 9.17) is 5.11 Å². The molecule has 1 N–H and O–H groups in total. The second kappa shape index (κ2) is 8.68. The zero-order valence-electron chi connectivity index (χ0n) is 15.8. The molecule has 3 fully saturated rings. The van der Waals surface area contributed by atoms with Crippen LogP contribution in [-0.2, 0) is 11.3 Å². The quantitative estimate of drug-likeness (QED) is 0.819. The number of hydrogen-bond donors (Lipinski definition) is 1. The fourth-order valence-electron chi connectivity index (χ4n) is 4.00. The van der Waals surface area contributed by atoms with Crippen molar-refractivity contribution in [3.05, 3.63) is 35.4 Å². The van der Waals surface area contributed by atoms with Crippen molar-refractivity contribution in [2.24, 2.45) is 5.92 Å². The van der Waals surface area contributed by atoms with Crippen molar-refractivity contribution in [3.63, 3.8) is 0 Å². The lowest BCUT2D eigenvalue weighted by atomic mass is 9.94. The van der Waals surface area contributed by atoms with Gasteiger partial charge in [-0.2, -0.15) is 0 Å². The minimum atomic E-state index is -0.106. The molecule has 5 nitrogen and oxygen atoms in total. The minimum absolute atomic E-state index is 0.106. The molecule has 0 aromatic heterocycles. The Balaban J connectivity index is 1.62. The van der Waals surface area contributed by atoms with Gasteiger partial charge >= 0.3 is 0 Å². The zero-order valence-corrected chi connectivity index (χ0v) is 15.8. The third kappa shape index (κ3) is 4.85. The van der Waals surface area contributed by atoms with Crippen molar-refractivity contribution in [1.29, 1.82) is 0 Å². The first kappa shape index (κ1) is 18.9. The summed E-state index contributed by atoms with van der Waals surface area (Å²) >= 11 is 0. The van der Waals surface area contributed by atoms with Crippen LogP contribution in [0.4, 0.5) is 0 Å². The van der Waals surface area contributed by atoms with Crippen molar-refractivity contribution in [3.8, 4) is 11.8 Å². The fourth-order valence-corrected chi connectivity index (χ4v) is 4.00. The number of aliphatic hydroxyl groups excluding tert-OH is 1. The number of likely N-dealkylation sites (N-methyl/N-ethyl adjacent to an activating group) is 1. The van der Waals surface area contributed by atoms with Gasteiger partial charge in [0.25, 0.3) is 0 Å². The topological polar surface area (TPSA) is 47.0 Å². The van der Waals surface area contributed by atoms with E-state index >= 15 is 0 Å². The number of aliphatic hydroxyl groups is 1. The summed E-state index contributed by atoms with van der Waals surface area (Å²) in [6.07, 6.45) is 2.49. The lowest BCUT2D eigenvalue weighted by Gasteiger charge is -2.36. The van der Waals surface area contributed by atoms with Gasteiger partial charge in [0.2, 0.25) is 5.91 Å². The van der Waals surface area contributed by atoms with Gasteiger partial charge in [-0.1, -0.05) is 24.0 Å². The highest BCUT2D eigenvalue weighted by atomic mass is 16.2. The van der Waals surface area contributed by atoms with Crippen LogP contribution in [0.5, 0.6) is 0 Å². The third-order valence-corrected chi connectivity index (χ3v) is 5.41. The van der Waals surface area contributed by atoms with E-state index in [2.05, 4.69) is 33.8 Å². The molecule has 1 amide bonds. The van der Waals surface area contributed by atoms with Crippen LogP contribution in [0, 0.1) is 17.8 Å². The molecule has 5 heteroatoms. The summed E-state index contributed by atoms with van der Waals surface area (Å²) in [6.45, 7) is 4.50. The van der Waals surface area contributed by atoms with Crippen LogP contribution >= 0.6 is 0 Å². The fraction of sp³-hybridized carbons (Fsp3) is 0.571. The largest absolute Gasteiger partial charge is 0.384 e. The molecule has 3 saturated heterocycles. The molecule has 0 saturated carbocycles. The summed E-state index contributed by atoms with van der Waals surface area (Å²) in [6, 6.07) is 8.84. The Morgan fingerprint density at radius 3 is 2.65 bits per heavy atom. The Bertz CT molecular complexity index is 675. The zero-order chi connectivity index (χ0) is 18.5. The van der Waals surface area contributed by atoms with Gasteiger partial charge in [-0.25, -0.2) is 0 Å². The molecule has 0 aliphatic carbocycles. The van der Waals surface area contributed by atoms with Crippen molar-refractivity contribution in [2.75, 3.05) is 46.9 Å². The highest BCUT2D eigenvalue weighted by Crippen LogP contribution is 2.29. The van der Waals surface area contributed by atoms with Crippen molar-refractivity contribution in [2.45, 2.75) is 25.4 Å². The molecule has 3 aliphatic heterocycles. The van der Waals surface area contributed by atoms with E-state index < -0.39 is 0 Å². The summed E-state index contributed by atoms with van der Waals surface area (Å²) in [5, 5.41) is 8.78. The number of piperidine rings is 1. The van der Waals surface area contributed by atoms with E-state index in [1.54, 1.807) is 4.90 Å². The Kier molecular flexibility index (Phi) is 6.31. The van der Waals surface area contributed by atoms with Gasteiger partial charge in [-0.15, -0.1) is 0 Å². The number of amides is 1. The van der Waals surface area contributed by atoms with E-state index in [1.165, 1.54) is 18.4 Å². The molecule has 2 atom stereocenters. The molecule has 0 spiro atoms. The molecule has 3 aliphatic rings. The number of carbonyl (C=O) groups is 1. The predicted molar refractivity (Wildman–Crippen MR) is 102 cm³/mol. The van der Waals surface area contributed by atoms with Crippen LogP contribution in [0.25, 0.3) is 0 Å². The van der Waals surface area contributed by atoms with Gasteiger partial charge in [0.15, 0.2) is 0 Å². The maximum Gasteiger partial charge on any atom is 0.236 e. The summed E-state index contributed by atoms with van der Waals surface area (Å²) < 4.78 is 0. The van der Waals surface area contributed by atoms with Gasteiger partial charge in [0, 0.05) is 51.9 Å². The highest BCUT2D eigenvalue weighted by molar-refractivity contribution is 5.77. The first-order chi connectivity index (χ1) is 12.5. The summed E-state index contributed by atoms with van der Waals surface area (Å²) in [5.41, 5.74) is 2.23. The van der Waals surface area contributed by atoms with Crippen LogP contribution in [0.3, 0.4) is 0 Å². The average molecular weight is 355 g/mol. The highest BCUT2D eigenvalue weighted by Gasteiger charge is 2.35. The van der Waals surface area contributed by atoms with E-state index in [1.807, 2.05) is 26.2 Å². The van der Waals surface area contributed by atoms with Gasteiger partial charge < -0.3 is 10.0 Å². The van der Waals surface area contributed by atoms with E-state index in [9.17, 15) is 4.79 Å². The van der Waals surface area contributed by atoms with Gasteiger partial charge in [0.05, 0.1) is 6.54 Å². The molecule has 140 valence electrons. The first-order valence-corrected chi connectivity index (χ1v) is 9.40. The Hall–Kier alpha value is -1.87. The van der Waals surface area contributed by atoms with Gasteiger partial charge in [-0.3, -0.25) is 14.6 Å². The second-order valence-corrected chi connectivity index (χ2v) is 7.67. The smallest absolute Gasteiger partial charge is 0.236 e. The maximum atomic E-state index is 12.1. The molecule has 3 heterocycles. The number of benzene rings is 1. The van der Waals surface area contributed by atoms with Crippen molar-refractivity contribution < 1.29 is 9.90 Å². The Morgan fingerprint density at radius 2 is 1.96 bits per heavy atom. The monoisotopic (exact) mass is 355 g/mol. The molecule has 2 bridgehead atoms. The van der Waals surface area contributed by atoms with Crippen molar-refractivity contribution in [1.82, 2.24) is 14.7 Å². The molecule has 4 rings (SSSR count). The number of carbonyl (C=O) groups excluding carboxylic acids is 1. The molecule has 0 radical (unpaired) electrons. The van der Waals surface area contributed by atoms with Crippen LogP contribution in [0.2, 0.25) is 0 Å². The first-order valence-electron chi connectivity index (χ1n) is 9.40. The molecule has 26 heavy (non-hydrogen) atoms. The lowest BCUT2D eigenvalue weighted by Crippen LogP contribution is -2.44. The molecular weight excluding hydrogens is 326 g/mol. The number of nitrogens with zero attached hydrogens (tertiary/aromatic N) is 3. The van der Waals surface area contributed by atoms with E-state index in [0.29, 0.717) is 18.5 Å². The molecular formula is C21H29N3O2. The SMILES string of the molecule is CN(C)C(=O)CN1C[C@H]2CC[C@@H](C1)N(Cc1ccc(C#CCO)cc1)C2. The number of fused-ring (bicyclic) bond motifs is 4. The normalized spacial score (nSPS) is 23.2. The predicted octanol–water partition coefficient (Wildman–Crippen LogP) is 1.01. The Morgan fingerprint density at radius 1 is 1.19 bits per heavy atom. The van der Waals surface area contributed by atoms with Crippen LogP contribution < -0.4 is 0 Å². The van der Waals surface area contributed by atoms with Crippen molar-refractivity contribution >= 4 is 5.91 Å². The molecule has 0 unspecified atom stereocenters. The standard InChI is InChI=1S/C21H29N3O2/c1-22(2)21(26)16-23-12-19-9-10-20(15-23)24(14-19)13-18-7-5-17(6-8-18)4-3-11-25/h5-8,19-20,25H,9-16H2,1-2H3/t19-,20+/m1/s1. The minimum Gasteiger partial charge on any atom is -0.384 e. The maximum absolute atomic E-state index is 12.1. The third-order valence-electron chi connectivity index (χ3n) is 5.41. The van der Waals surface area contributed by atoms with Crippen LogP contribution in [0.1, 0.15) is 24.0 Å². The number of rotatable bonds is 4. The number of hydrogen-bond acceptors (Lipinski definition) is 4.